The molecule has 0 aromatic carbocycles. The summed E-state index contributed by atoms with van der Waals surface area (Å²) in [4.78, 5) is 19.6. The third kappa shape index (κ3) is 2.65. The number of ether oxygens (including phenoxy) is 1. The molecule has 0 aliphatic carbocycles. The van der Waals surface area contributed by atoms with Crippen LogP contribution in [0.5, 0.6) is 0 Å². The Bertz CT molecular complexity index is 465. The molecule has 0 N–H and O–H groups in total. The highest BCUT2D eigenvalue weighted by Gasteiger charge is 2.08. The number of aromatic nitrogens is 2. The lowest BCUT2D eigenvalue weighted by molar-refractivity contribution is -0.140. The van der Waals surface area contributed by atoms with E-state index >= 15 is 0 Å². The van der Waals surface area contributed by atoms with Crippen LogP contribution in [-0.2, 0) is 16.0 Å². The maximum Gasteiger partial charge on any atom is 0.305 e. The molecule has 0 amide bonds. The Morgan fingerprint density at radius 3 is 3.06 bits per heavy atom. The normalized spacial score (nSPS) is 10.3. The molecule has 16 heavy (non-hydrogen) atoms. The molecule has 0 saturated carbocycles. The number of rotatable bonds is 4. The molecule has 0 saturated heterocycles. The number of hydrogen-bond donors (Lipinski definition) is 0. The van der Waals surface area contributed by atoms with E-state index in [9.17, 15) is 4.79 Å². The van der Waals surface area contributed by atoms with E-state index in [1.54, 1.807) is 28.2 Å². The molecule has 0 fully saturated rings. The van der Waals surface area contributed by atoms with Crippen LogP contribution in [-0.4, -0.2) is 23.0 Å². The Morgan fingerprint density at radius 2 is 2.38 bits per heavy atom. The van der Waals surface area contributed by atoms with Gasteiger partial charge in [-0.15, -0.1) is 22.7 Å². The second-order valence-corrected chi connectivity index (χ2v) is 4.67. The van der Waals surface area contributed by atoms with Crippen LogP contribution >= 0.6 is 22.7 Å². The van der Waals surface area contributed by atoms with Gasteiger partial charge in [-0.3, -0.25) is 4.79 Å². The number of thiazole rings is 2. The molecule has 0 aliphatic heterocycles. The standard InChI is InChI=1S/C10H10N2O2S2/c1-14-9(13)3-2-7-4-16-10(12-7)8-5-15-6-11-8/h4-6H,2-3H2,1H3. The monoisotopic (exact) mass is 254 g/mol. The van der Waals surface area contributed by atoms with Gasteiger partial charge in [0.1, 0.15) is 10.7 Å². The highest BCUT2D eigenvalue weighted by atomic mass is 32.1. The second kappa shape index (κ2) is 5.18. The average Bonchev–Trinajstić information content (AvgIpc) is 2.95. The maximum atomic E-state index is 11.0. The lowest BCUT2D eigenvalue weighted by Gasteiger charge is -1.95. The molecule has 6 heteroatoms. The maximum absolute atomic E-state index is 11.0. The summed E-state index contributed by atoms with van der Waals surface area (Å²) in [7, 11) is 1.39. The lowest BCUT2D eigenvalue weighted by Crippen LogP contribution is -2.01. The van der Waals surface area contributed by atoms with Gasteiger partial charge in [0.05, 0.1) is 24.7 Å². The largest absolute Gasteiger partial charge is 0.469 e. The van der Waals surface area contributed by atoms with Crippen LogP contribution in [0.3, 0.4) is 0 Å². The summed E-state index contributed by atoms with van der Waals surface area (Å²) in [5.41, 5.74) is 3.60. The van der Waals surface area contributed by atoms with Crippen molar-refractivity contribution in [3.8, 4) is 10.7 Å². The molecular weight excluding hydrogens is 244 g/mol. The van der Waals surface area contributed by atoms with Gasteiger partial charge in [-0.05, 0) is 0 Å². The van der Waals surface area contributed by atoms with Gasteiger partial charge in [0.2, 0.25) is 0 Å². The van der Waals surface area contributed by atoms with Gasteiger partial charge in [-0.1, -0.05) is 0 Å². The molecule has 0 unspecified atom stereocenters. The number of hydrogen-bond acceptors (Lipinski definition) is 6. The van der Waals surface area contributed by atoms with E-state index in [4.69, 9.17) is 0 Å². The van der Waals surface area contributed by atoms with Crippen LogP contribution in [0.25, 0.3) is 10.7 Å². The summed E-state index contributed by atoms with van der Waals surface area (Å²) in [6.07, 6.45) is 0.990. The van der Waals surface area contributed by atoms with Crippen molar-refractivity contribution in [2.75, 3.05) is 7.11 Å². The van der Waals surface area contributed by atoms with Crippen LogP contribution in [0.2, 0.25) is 0 Å². The summed E-state index contributed by atoms with van der Waals surface area (Å²) in [6, 6.07) is 0. The van der Waals surface area contributed by atoms with E-state index in [-0.39, 0.29) is 5.97 Å². The molecule has 2 rings (SSSR count). The molecular formula is C10H10N2O2S2. The van der Waals surface area contributed by atoms with Crippen molar-refractivity contribution in [1.29, 1.82) is 0 Å². The van der Waals surface area contributed by atoms with Gasteiger partial charge in [0.25, 0.3) is 0 Å². The number of nitrogens with zero attached hydrogens (tertiary/aromatic N) is 2. The van der Waals surface area contributed by atoms with Crippen molar-refractivity contribution in [3.63, 3.8) is 0 Å². The molecule has 0 radical (unpaired) electrons. The Labute approximate surface area is 101 Å². The Hall–Kier alpha value is -1.27. The predicted molar refractivity (Wildman–Crippen MR) is 63.6 cm³/mol. The highest BCUT2D eigenvalue weighted by molar-refractivity contribution is 7.13. The van der Waals surface area contributed by atoms with Crippen molar-refractivity contribution in [1.82, 2.24) is 9.97 Å². The van der Waals surface area contributed by atoms with Crippen molar-refractivity contribution < 1.29 is 9.53 Å². The van der Waals surface area contributed by atoms with Crippen molar-refractivity contribution in [3.05, 3.63) is 22.0 Å². The second-order valence-electron chi connectivity index (χ2n) is 3.09. The zero-order chi connectivity index (χ0) is 11.4. The first-order chi connectivity index (χ1) is 7.79. The molecule has 4 nitrogen and oxygen atoms in total. The lowest BCUT2D eigenvalue weighted by atomic mass is 10.2. The third-order valence-corrected chi connectivity index (χ3v) is 3.52. The fourth-order valence-corrected chi connectivity index (χ4v) is 2.62. The van der Waals surface area contributed by atoms with Crippen LogP contribution in [0.15, 0.2) is 16.3 Å². The molecule has 0 bridgehead atoms. The van der Waals surface area contributed by atoms with E-state index in [2.05, 4.69) is 14.7 Å². The van der Waals surface area contributed by atoms with Crippen LogP contribution in [0.4, 0.5) is 0 Å². The van der Waals surface area contributed by atoms with E-state index < -0.39 is 0 Å². The van der Waals surface area contributed by atoms with Crippen LogP contribution < -0.4 is 0 Å². The van der Waals surface area contributed by atoms with Crippen LogP contribution in [0.1, 0.15) is 12.1 Å². The van der Waals surface area contributed by atoms with E-state index in [1.165, 1.54) is 7.11 Å². The fourth-order valence-electron chi connectivity index (χ4n) is 1.19. The number of carbonyl (C=O) groups is 1. The molecule has 2 heterocycles. The number of methoxy groups -OCH3 is 1. The smallest absolute Gasteiger partial charge is 0.305 e. The summed E-state index contributed by atoms with van der Waals surface area (Å²) in [6.45, 7) is 0. The van der Waals surface area contributed by atoms with Crippen molar-refractivity contribution in [2.24, 2.45) is 0 Å². The number of aryl methyl sites for hydroxylation is 1. The van der Waals surface area contributed by atoms with E-state index in [0.29, 0.717) is 12.8 Å². The molecule has 2 aromatic heterocycles. The quantitative estimate of drug-likeness (QED) is 0.786. The number of carbonyl (C=O) groups excluding carboxylic acids is 1. The zero-order valence-corrected chi connectivity index (χ0v) is 10.3. The molecule has 2 aromatic rings. The van der Waals surface area contributed by atoms with Gasteiger partial charge in [0.15, 0.2) is 0 Å². The third-order valence-electron chi connectivity index (χ3n) is 2.02. The molecule has 84 valence electrons. The van der Waals surface area contributed by atoms with Crippen molar-refractivity contribution >= 4 is 28.6 Å². The first-order valence-electron chi connectivity index (χ1n) is 4.69. The Balaban J connectivity index is 2.00. The molecule has 0 spiro atoms. The predicted octanol–water partition coefficient (Wildman–Crippen LogP) is 2.37. The zero-order valence-electron chi connectivity index (χ0n) is 8.67. The van der Waals surface area contributed by atoms with Gasteiger partial charge in [-0.2, -0.15) is 0 Å². The first-order valence-corrected chi connectivity index (χ1v) is 6.51. The summed E-state index contributed by atoms with van der Waals surface area (Å²) in [5, 5.41) is 4.82. The van der Waals surface area contributed by atoms with Gasteiger partial charge in [-0.25, -0.2) is 9.97 Å². The van der Waals surface area contributed by atoms with Crippen molar-refractivity contribution in [2.45, 2.75) is 12.8 Å². The fraction of sp³-hybridized carbons (Fsp3) is 0.300. The van der Waals surface area contributed by atoms with Gasteiger partial charge < -0.3 is 4.74 Å². The average molecular weight is 254 g/mol. The molecule has 0 atom stereocenters. The van der Waals surface area contributed by atoms with Crippen LogP contribution in [0, 0.1) is 0 Å². The Kier molecular flexibility index (Phi) is 3.63. The molecule has 0 aliphatic rings. The first kappa shape index (κ1) is 11.2. The van der Waals surface area contributed by atoms with Gasteiger partial charge in [0, 0.05) is 17.2 Å². The van der Waals surface area contributed by atoms with Gasteiger partial charge >= 0.3 is 5.97 Å². The topological polar surface area (TPSA) is 52.1 Å². The minimum Gasteiger partial charge on any atom is -0.469 e. The summed E-state index contributed by atoms with van der Waals surface area (Å²) in [5.74, 6) is -0.205. The summed E-state index contributed by atoms with van der Waals surface area (Å²) >= 11 is 3.09. The SMILES string of the molecule is COC(=O)CCc1csc(-c2cscn2)n1. The number of esters is 1. The van der Waals surface area contributed by atoms with E-state index in [0.717, 1.165) is 16.4 Å². The minimum absolute atomic E-state index is 0.205. The summed E-state index contributed by atoms with van der Waals surface area (Å²) < 4.78 is 4.58. The highest BCUT2D eigenvalue weighted by Crippen LogP contribution is 2.23. The van der Waals surface area contributed by atoms with E-state index in [1.807, 2.05) is 10.8 Å². The Morgan fingerprint density at radius 1 is 1.50 bits per heavy atom. The minimum atomic E-state index is -0.205.